The van der Waals surface area contributed by atoms with Crippen LogP contribution in [0.25, 0.3) is 0 Å². The fraction of sp³-hybridized carbons (Fsp3) is 0.419. The summed E-state index contributed by atoms with van der Waals surface area (Å²) >= 11 is 0. The number of fused-ring (bicyclic) bond motifs is 1. The van der Waals surface area contributed by atoms with Crippen molar-refractivity contribution in [3.8, 4) is 11.5 Å². The molecule has 194 valence electrons. The first kappa shape index (κ1) is 24.4. The first-order valence-electron chi connectivity index (χ1n) is 13.3. The summed E-state index contributed by atoms with van der Waals surface area (Å²) in [5.41, 5.74) is 5.09. The van der Waals surface area contributed by atoms with E-state index in [0.29, 0.717) is 26.4 Å². The van der Waals surface area contributed by atoms with Gasteiger partial charge >= 0.3 is 11.9 Å². The molecule has 3 aromatic carbocycles. The van der Waals surface area contributed by atoms with Gasteiger partial charge in [0.15, 0.2) is 0 Å². The van der Waals surface area contributed by atoms with Crippen molar-refractivity contribution in [2.75, 3.05) is 26.4 Å². The first-order chi connectivity index (χ1) is 18.1. The largest absolute Gasteiger partial charge is 0.437 e. The Labute approximate surface area is 218 Å². The maximum atomic E-state index is 6.04. The molecule has 2 heterocycles. The van der Waals surface area contributed by atoms with Gasteiger partial charge in [0.25, 0.3) is 0 Å². The lowest BCUT2D eigenvalue weighted by molar-refractivity contribution is -0.173. The van der Waals surface area contributed by atoms with Gasteiger partial charge in [0.2, 0.25) is 0 Å². The Morgan fingerprint density at radius 2 is 1.03 bits per heavy atom. The highest BCUT2D eigenvalue weighted by atomic mass is 16.9. The second-order valence-electron chi connectivity index (χ2n) is 10.1. The molecule has 2 atom stereocenters. The van der Waals surface area contributed by atoms with E-state index in [1.807, 2.05) is 24.3 Å². The lowest BCUT2D eigenvalue weighted by atomic mass is 9.72. The molecule has 0 spiro atoms. The molecule has 2 aliphatic heterocycles. The topological polar surface area (TPSA) is 62.0 Å². The monoisotopic (exact) mass is 502 g/mol. The summed E-state index contributed by atoms with van der Waals surface area (Å²) < 4.78 is 34.5. The molecule has 0 aromatic heterocycles. The van der Waals surface area contributed by atoms with Crippen LogP contribution in [0.15, 0.2) is 72.8 Å². The zero-order valence-corrected chi connectivity index (χ0v) is 21.5. The highest BCUT2D eigenvalue weighted by Gasteiger charge is 2.51. The van der Waals surface area contributed by atoms with Crippen LogP contribution in [0.5, 0.6) is 11.5 Å². The summed E-state index contributed by atoms with van der Waals surface area (Å²) in [6.07, 6.45) is 3.70. The van der Waals surface area contributed by atoms with Crippen LogP contribution < -0.4 is 9.47 Å². The summed E-state index contributed by atoms with van der Waals surface area (Å²) in [6.45, 7) is 6.27. The van der Waals surface area contributed by atoms with E-state index < -0.39 is 11.9 Å². The van der Waals surface area contributed by atoms with Gasteiger partial charge in [0.1, 0.15) is 24.7 Å². The van der Waals surface area contributed by atoms with Gasteiger partial charge in [-0.2, -0.15) is 0 Å². The Bertz CT molecular complexity index is 1110. The minimum Gasteiger partial charge on any atom is -0.437 e. The van der Waals surface area contributed by atoms with Crippen LogP contribution in [-0.2, 0) is 37.2 Å². The maximum Gasteiger partial charge on any atom is 0.352 e. The van der Waals surface area contributed by atoms with Crippen molar-refractivity contribution in [2.45, 2.75) is 56.9 Å². The van der Waals surface area contributed by atoms with Gasteiger partial charge in [0.05, 0.1) is 13.2 Å². The van der Waals surface area contributed by atoms with Crippen molar-refractivity contribution >= 4 is 0 Å². The van der Waals surface area contributed by atoms with Crippen LogP contribution in [0, 0.1) is 0 Å². The van der Waals surface area contributed by atoms with E-state index in [0.717, 1.165) is 37.2 Å². The van der Waals surface area contributed by atoms with Crippen LogP contribution in [0.4, 0.5) is 0 Å². The molecule has 6 nitrogen and oxygen atoms in total. The van der Waals surface area contributed by atoms with E-state index in [4.69, 9.17) is 28.4 Å². The minimum atomic E-state index is -0.919. The minimum absolute atomic E-state index is 0.181. The maximum absolute atomic E-state index is 6.04. The Morgan fingerprint density at radius 3 is 1.38 bits per heavy atom. The smallest absolute Gasteiger partial charge is 0.352 e. The van der Waals surface area contributed by atoms with Crippen molar-refractivity contribution < 1.29 is 28.4 Å². The van der Waals surface area contributed by atoms with Gasteiger partial charge in [-0.1, -0.05) is 62.4 Å². The highest BCUT2D eigenvalue weighted by molar-refractivity contribution is 5.51. The molecule has 37 heavy (non-hydrogen) atoms. The third kappa shape index (κ3) is 4.99. The SMILES string of the molecule is CCCOC1(Oc2ccc(C3(c4ccc(OC5(OCCC)CO5)cc4)Cc4ccccc4C3)cc2)CO1. The normalized spacial score (nSPS) is 24.9. The number of epoxide rings is 2. The summed E-state index contributed by atoms with van der Waals surface area (Å²) in [7, 11) is 0. The predicted octanol–water partition coefficient (Wildman–Crippen LogP) is 5.75. The van der Waals surface area contributed by atoms with E-state index >= 15 is 0 Å². The number of rotatable bonds is 12. The molecule has 6 rings (SSSR count). The molecule has 2 unspecified atom stereocenters. The van der Waals surface area contributed by atoms with Gasteiger partial charge in [-0.25, -0.2) is 0 Å². The fourth-order valence-electron chi connectivity index (χ4n) is 5.21. The summed E-state index contributed by atoms with van der Waals surface area (Å²) in [4.78, 5) is 0. The molecular weight excluding hydrogens is 468 g/mol. The number of ether oxygens (including phenoxy) is 6. The molecular formula is C31H34O6. The van der Waals surface area contributed by atoms with Gasteiger partial charge in [-0.15, -0.1) is 0 Å². The van der Waals surface area contributed by atoms with Crippen LogP contribution in [0.2, 0.25) is 0 Å². The lowest BCUT2D eigenvalue weighted by Crippen LogP contribution is -2.29. The van der Waals surface area contributed by atoms with Gasteiger partial charge < -0.3 is 28.4 Å². The standard InChI is InChI=1S/C31H34O6/c1-3-17-32-30(21-34-30)36-27-13-9-25(10-14-27)29(19-23-7-5-6-8-24(23)20-29)26-11-15-28(16-12-26)37-31(22-35-31)33-18-4-2/h5-16H,3-4,17-22H2,1-2H3. The van der Waals surface area contributed by atoms with Crippen LogP contribution in [0.3, 0.4) is 0 Å². The highest BCUT2D eigenvalue weighted by Crippen LogP contribution is 2.46. The van der Waals surface area contributed by atoms with Crippen LogP contribution >= 0.6 is 0 Å². The van der Waals surface area contributed by atoms with E-state index in [9.17, 15) is 0 Å². The third-order valence-electron chi connectivity index (χ3n) is 7.28. The summed E-state index contributed by atoms with van der Waals surface area (Å²) in [6, 6.07) is 25.5. The number of benzene rings is 3. The molecule has 0 bridgehead atoms. The second-order valence-corrected chi connectivity index (χ2v) is 10.1. The summed E-state index contributed by atoms with van der Waals surface area (Å²) in [5, 5.41) is 0. The van der Waals surface area contributed by atoms with Crippen molar-refractivity contribution in [1.82, 2.24) is 0 Å². The van der Waals surface area contributed by atoms with E-state index in [1.54, 1.807) is 0 Å². The third-order valence-corrected chi connectivity index (χ3v) is 7.28. The molecule has 0 amide bonds. The molecule has 6 heteroatoms. The predicted molar refractivity (Wildman–Crippen MR) is 139 cm³/mol. The van der Waals surface area contributed by atoms with E-state index in [-0.39, 0.29) is 5.41 Å². The molecule has 2 saturated heterocycles. The Hall–Kier alpha value is -2.90. The van der Waals surface area contributed by atoms with Crippen molar-refractivity contribution in [1.29, 1.82) is 0 Å². The zero-order chi connectivity index (χ0) is 25.3. The molecule has 0 N–H and O–H groups in total. The quantitative estimate of drug-likeness (QED) is 0.232. The molecule has 2 fully saturated rings. The average molecular weight is 503 g/mol. The first-order valence-corrected chi connectivity index (χ1v) is 13.3. The number of hydrogen-bond donors (Lipinski definition) is 0. The summed E-state index contributed by atoms with van der Waals surface area (Å²) in [5.74, 6) is -0.349. The zero-order valence-electron chi connectivity index (χ0n) is 21.5. The molecule has 3 aliphatic rings. The van der Waals surface area contributed by atoms with Crippen molar-refractivity contribution in [3.05, 3.63) is 95.1 Å². The number of hydrogen-bond acceptors (Lipinski definition) is 6. The average Bonchev–Trinajstić information content (AvgIpc) is 3.84. The van der Waals surface area contributed by atoms with Gasteiger partial charge in [0, 0.05) is 5.41 Å². The molecule has 0 radical (unpaired) electrons. The second kappa shape index (κ2) is 9.76. The Morgan fingerprint density at radius 1 is 0.622 bits per heavy atom. The van der Waals surface area contributed by atoms with E-state index in [1.165, 1.54) is 22.3 Å². The molecule has 3 aromatic rings. The van der Waals surface area contributed by atoms with Gasteiger partial charge in [-0.3, -0.25) is 0 Å². The molecule has 1 aliphatic carbocycles. The Balaban J connectivity index is 1.26. The Kier molecular flexibility index (Phi) is 6.45. The van der Waals surface area contributed by atoms with Gasteiger partial charge in [-0.05, 0) is 72.2 Å². The fourth-order valence-corrected chi connectivity index (χ4v) is 5.21. The van der Waals surface area contributed by atoms with E-state index in [2.05, 4.69) is 62.4 Å². The van der Waals surface area contributed by atoms with Crippen LogP contribution in [0.1, 0.15) is 48.9 Å². The lowest BCUT2D eigenvalue weighted by Gasteiger charge is -2.31. The molecule has 0 saturated carbocycles. The van der Waals surface area contributed by atoms with Crippen molar-refractivity contribution in [2.24, 2.45) is 0 Å². The van der Waals surface area contributed by atoms with Crippen LogP contribution in [-0.4, -0.2) is 38.4 Å². The van der Waals surface area contributed by atoms with Crippen molar-refractivity contribution in [3.63, 3.8) is 0 Å².